The van der Waals surface area contributed by atoms with E-state index < -0.39 is 0 Å². The van der Waals surface area contributed by atoms with Crippen molar-refractivity contribution in [2.45, 2.75) is 64.1 Å². The van der Waals surface area contributed by atoms with E-state index in [1.807, 2.05) is 0 Å². The van der Waals surface area contributed by atoms with Gasteiger partial charge in [0.2, 0.25) is 0 Å². The number of benzene rings is 1. The number of ether oxygens (including phenoxy) is 1. The Labute approximate surface area is 116 Å². The van der Waals surface area contributed by atoms with Crippen molar-refractivity contribution in [3.63, 3.8) is 0 Å². The Bertz CT molecular complexity index is 424. The zero-order valence-electron chi connectivity index (χ0n) is 11.7. The van der Waals surface area contributed by atoms with Crippen LogP contribution in [0.3, 0.4) is 0 Å². The largest absolute Gasteiger partial charge is 0.374 e. The average Bonchev–Trinajstić information content (AvgIpc) is 3.00. The van der Waals surface area contributed by atoms with Crippen molar-refractivity contribution in [3.05, 3.63) is 41.5 Å². The van der Waals surface area contributed by atoms with Crippen LogP contribution in [0.2, 0.25) is 0 Å². The lowest BCUT2D eigenvalue weighted by atomic mass is 9.93. The Morgan fingerprint density at radius 2 is 1.74 bits per heavy atom. The van der Waals surface area contributed by atoms with Gasteiger partial charge in [-0.3, -0.25) is 0 Å². The number of rotatable bonds is 4. The van der Waals surface area contributed by atoms with Gasteiger partial charge in [-0.2, -0.15) is 0 Å². The maximum atomic E-state index is 5.96. The molecule has 0 saturated heterocycles. The first-order chi connectivity index (χ1) is 9.42. The van der Waals surface area contributed by atoms with Gasteiger partial charge < -0.3 is 4.74 Å². The molecule has 0 spiro atoms. The number of allylic oxidation sites excluding steroid dienone is 2. The van der Waals surface area contributed by atoms with E-state index in [-0.39, 0.29) is 0 Å². The van der Waals surface area contributed by atoms with Crippen LogP contribution in [0.5, 0.6) is 0 Å². The zero-order chi connectivity index (χ0) is 12.9. The summed E-state index contributed by atoms with van der Waals surface area (Å²) < 4.78 is 5.96. The van der Waals surface area contributed by atoms with Gasteiger partial charge in [-0.15, -0.1) is 0 Å². The topological polar surface area (TPSA) is 9.23 Å². The van der Waals surface area contributed by atoms with Crippen molar-refractivity contribution in [2.75, 3.05) is 0 Å². The first kappa shape index (κ1) is 12.9. The Morgan fingerprint density at radius 3 is 2.42 bits per heavy atom. The maximum Gasteiger partial charge on any atom is 0.0720 e. The van der Waals surface area contributed by atoms with Crippen LogP contribution >= 0.6 is 0 Å². The highest BCUT2D eigenvalue weighted by Gasteiger charge is 2.15. The van der Waals surface area contributed by atoms with E-state index in [1.165, 1.54) is 68.1 Å². The third-order valence-electron chi connectivity index (χ3n) is 4.40. The van der Waals surface area contributed by atoms with Crippen LogP contribution in [0.25, 0.3) is 5.57 Å². The summed E-state index contributed by atoms with van der Waals surface area (Å²) >= 11 is 0. The summed E-state index contributed by atoms with van der Waals surface area (Å²) in [5, 5.41) is 0. The maximum absolute atomic E-state index is 5.96. The van der Waals surface area contributed by atoms with Gasteiger partial charge in [0, 0.05) is 0 Å². The van der Waals surface area contributed by atoms with E-state index in [1.54, 1.807) is 0 Å². The fourth-order valence-electron chi connectivity index (χ4n) is 3.18. The van der Waals surface area contributed by atoms with Crippen molar-refractivity contribution in [2.24, 2.45) is 0 Å². The van der Waals surface area contributed by atoms with Gasteiger partial charge in [0.05, 0.1) is 12.7 Å². The molecule has 102 valence electrons. The van der Waals surface area contributed by atoms with Gasteiger partial charge in [-0.05, 0) is 55.2 Å². The molecule has 0 radical (unpaired) electrons. The zero-order valence-corrected chi connectivity index (χ0v) is 11.7. The van der Waals surface area contributed by atoms with Gasteiger partial charge in [-0.1, -0.05) is 43.2 Å². The summed E-state index contributed by atoms with van der Waals surface area (Å²) in [5.74, 6) is 0. The molecule has 0 aliphatic heterocycles. The van der Waals surface area contributed by atoms with Crippen molar-refractivity contribution in [1.29, 1.82) is 0 Å². The summed E-state index contributed by atoms with van der Waals surface area (Å²) in [4.78, 5) is 0. The molecule has 0 N–H and O–H groups in total. The molecule has 0 bridgehead atoms. The van der Waals surface area contributed by atoms with E-state index >= 15 is 0 Å². The molecule has 0 atom stereocenters. The second kappa shape index (κ2) is 6.38. The molecular weight excluding hydrogens is 232 g/mol. The summed E-state index contributed by atoms with van der Waals surface area (Å²) in [6.45, 7) is 0.782. The highest BCUT2D eigenvalue weighted by molar-refractivity contribution is 5.66. The van der Waals surface area contributed by atoms with Crippen LogP contribution in [-0.2, 0) is 11.3 Å². The molecule has 1 aromatic rings. The standard InChI is InChI=1S/C18H24O/c1-2-6-16(7-3-1)17-12-10-15(11-13-17)14-19-18-8-4-5-9-18/h6,10-13,18H,1-5,7-9,14H2. The summed E-state index contributed by atoms with van der Waals surface area (Å²) in [6.07, 6.45) is 13.3. The monoisotopic (exact) mass is 256 g/mol. The van der Waals surface area contributed by atoms with Crippen LogP contribution < -0.4 is 0 Å². The second-order valence-electron chi connectivity index (χ2n) is 5.89. The predicted molar refractivity (Wildman–Crippen MR) is 79.9 cm³/mol. The third kappa shape index (κ3) is 3.48. The molecule has 0 aromatic heterocycles. The molecule has 0 amide bonds. The van der Waals surface area contributed by atoms with Crippen molar-refractivity contribution in [1.82, 2.24) is 0 Å². The quantitative estimate of drug-likeness (QED) is 0.728. The minimum atomic E-state index is 0.515. The minimum Gasteiger partial charge on any atom is -0.374 e. The van der Waals surface area contributed by atoms with Crippen LogP contribution in [-0.4, -0.2) is 6.10 Å². The summed E-state index contributed by atoms with van der Waals surface area (Å²) in [5.41, 5.74) is 4.26. The first-order valence-corrected chi connectivity index (χ1v) is 7.82. The van der Waals surface area contributed by atoms with Crippen LogP contribution in [0.1, 0.15) is 62.5 Å². The molecule has 1 aromatic carbocycles. The lowest BCUT2D eigenvalue weighted by molar-refractivity contribution is 0.0457. The summed E-state index contributed by atoms with van der Waals surface area (Å²) in [7, 11) is 0. The highest BCUT2D eigenvalue weighted by atomic mass is 16.5. The Morgan fingerprint density at radius 1 is 0.947 bits per heavy atom. The van der Waals surface area contributed by atoms with Crippen LogP contribution in [0.15, 0.2) is 30.3 Å². The molecule has 1 nitrogen and oxygen atoms in total. The van der Waals surface area contributed by atoms with E-state index in [4.69, 9.17) is 4.74 Å². The third-order valence-corrected chi connectivity index (χ3v) is 4.40. The highest BCUT2D eigenvalue weighted by Crippen LogP contribution is 2.27. The van der Waals surface area contributed by atoms with Gasteiger partial charge >= 0.3 is 0 Å². The Kier molecular flexibility index (Phi) is 4.34. The van der Waals surface area contributed by atoms with Gasteiger partial charge in [0.1, 0.15) is 0 Å². The molecule has 2 aliphatic carbocycles. The van der Waals surface area contributed by atoms with Crippen LogP contribution in [0, 0.1) is 0 Å². The normalized spacial score (nSPS) is 20.5. The average molecular weight is 256 g/mol. The van der Waals surface area contributed by atoms with Crippen molar-refractivity contribution in [3.8, 4) is 0 Å². The SMILES string of the molecule is C1=C(c2ccc(COC3CCCC3)cc2)CCCC1. The van der Waals surface area contributed by atoms with E-state index in [9.17, 15) is 0 Å². The van der Waals surface area contributed by atoms with Gasteiger partial charge in [0.25, 0.3) is 0 Å². The molecule has 0 heterocycles. The lowest BCUT2D eigenvalue weighted by Gasteiger charge is -2.14. The molecule has 19 heavy (non-hydrogen) atoms. The molecule has 1 saturated carbocycles. The Hall–Kier alpha value is -1.08. The molecule has 1 heteroatoms. The number of hydrogen-bond donors (Lipinski definition) is 0. The Balaban J connectivity index is 1.57. The predicted octanol–water partition coefficient (Wildman–Crippen LogP) is 5.10. The second-order valence-corrected chi connectivity index (χ2v) is 5.89. The van der Waals surface area contributed by atoms with E-state index in [2.05, 4.69) is 30.3 Å². The molecule has 0 unspecified atom stereocenters. The fraction of sp³-hybridized carbons (Fsp3) is 0.556. The van der Waals surface area contributed by atoms with Gasteiger partial charge in [-0.25, -0.2) is 0 Å². The van der Waals surface area contributed by atoms with E-state index in [0.29, 0.717) is 6.10 Å². The molecule has 3 rings (SSSR count). The minimum absolute atomic E-state index is 0.515. The molecule has 2 aliphatic rings. The molecular formula is C18H24O. The fourth-order valence-corrected chi connectivity index (χ4v) is 3.18. The van der Waals surface area contributed by atoms with Crippen molar-refractivity contribution >= 4 is 5.57 Å². The summed E-state index contributed by atoms with van der Waals surface area (Å²) in [6, 6.07) is 9.01. The van der Waals surface area contributed by atoms with Gasteiger partial charge in [0.15, 0.2) is 0 Å². The number of hydrogen-bond acceptors (Lipinski definition) is 1. The van der Waals surface area contributed by atoms with E-state index in [0.717, 1.165) is 6.61 Å². The smallest absolute Gasteiger partial charge is 0.0720 e. The first-order valence-electron chi connectivity index (χ1n) is 7.82. The lowest BCUT2D eigenvalue weighted by Crippen LogP contribution is -2.07. The molecule has 1 fully saturated rings. The van der Waals surface area contributed by atoms with Crippen molar-refractivity contribution < 1.29 is 4.74 Å². The van der Waals surface area contributed by atoms with Crippen LogP contribution in [0.4, 0.5) is 0 Å².